The van der Waals surface area contributed by atoms with E-state index < -0.39 is 5.97 Å². The highest BCUT2D eigenvalue weighted by atomic mass is 79.9. The number of esters is 1. The standard InChI is InChI=1S/C26H20BrNO2/c1-17-7-13-22(15-18(17)2)28-16-24-23-6-4-3-5-19(23)10-14-25(24)30-26(29)20-8-11-21(27)12-9-20/h3-16H,1-2H3. The molecule has 0 aliphatic rings. The number of benzene rings is 4. The molecule has 0 atom stereocenters. The number of hydrogen-bond acceptors (Lipinski definition) is 3. The third-order valence-corrected chi connectivity index (χ3v) is 5.58. The van der Waals surface area contributed by atoms with Gasteiger partial charge in [0.15, 0.2) is 0 Å². The molecule has 0 radical (unpaired) electrons. The molecule has 148 valence electrons. The smallest absolute Gasteiger partial charge is 0.343 e. The third kappa shape index (κ3) is 4.34. The second-order valence-corrected chi connectivity index (χ2v) is 8.04. The number of hydrogen-bond donors (Lipinski definition) is 0. The van der Waals surface area contributed by atoms with Crippen molar-refractivity contribution in [1.29, 1.82) is 0 Å². The lowest BCUT2D eigenvalue weighted by molar-refractivity contribution is 0.0734. The van der Waals surface area contributed by atoms with Crippen LogP contribution < -0.4 is 4.74 Å². The molecule has 0 heterocycles. The van der Waals surface area contributed by atoms with Gasteiger partial charge in [0.05, 0.1) is 11.3 Å². The molecular formula is C26H20BrNO2. The zero-order chi connectivity index (χ0) is 21.1. The molecule has 0 saturated carbocycles. The van der Waals surface area contributed by atoms with E-state index in [4.69, 9.17) is 4.74 Å². The van der Waals surface area contributed by atoms with Crippen LogP contribution in [-0.2, 0) is 0 Å². The van der Waals surface area contributed by atoms with Crippen molar-refractivity contribution in [3.63, 3.8) is 0 Å². The van der Waals surface area contributed by atoms with Crippen LogP contribution in [-0.4, -0.2) is 12.2 Å². The van der Waals surface area contributed by atoms with E-state index in [1.807, 2.05) is 60.7 Å². The number of halogens is 1. The van der Waals surface area contributed by atoms with Gasteiger partial charge in [-0.2, -0.15) is 0 Å². The average Bonchev–Trinajstić information content (AvgIpc) is 2.75. The summed E-state index contributed by atoms with van der Waals surface area (Å²) < 4.78 is 6.67. The molecule has 4 aromatic rings. The molecule has 0 aliphatic carbocycles. The average molecular weight is 458 g/mol. The Labute approximate surface area is 184 Å². The lowest BCUT2D eigenvalue weighted by Gasteiger charge is -2.11. The van der Waals surface area contributed by atoms with Gasteiger partial charge in [-0.1, -0.05) is 52.3 Å². The molecule has 4 heteroatoms. The third-order valence-electron chi connectivity index (χ3n) is 5.05. The van der Waals surface area contributed by atoms with E-state index in [1.165, 1.54) is 11.1 Å². The van der Waals surface area contributed by atoms with E-state index >= 15 is 0 Å². The summed E-state index contributed by atoms with van der Waals surface area (Å²) in [6.07, 6.45) is 1.77. The van der Waals surface area contributed by atoms with Gasteiger partial charge in [0.1, 0.15) is 5.75 Å². The fourth-order valence-corrected chi connectivity index (χ4v) is 3.45. The van der Waals surface area contributed by atoms with Crippen LogP contribution in [0.1, 0.15) is 27.0 Å². The summed E-state index contributed by atoms with van der Waals surface area (Å²) in [7, 11) is 0. The summed E-state index contributed by atoms with van der Waals surface area (Å²) in [5.74, 6) is 0.0767. The first-order valence-corrected chi connectivity index (χ1v) is 10.4. The Hall–Kier alpha value is -3.24. The van der Waals surface area contributed by atoms with Crippen molar-refractivity contribution < 1.29 is 9.53 Å². The van der Waals surface area contributed by atoms with Crippen molar-refractivity contribution in [3.05, 3.63) is 106 Å². The van der Waals surface area contributed by atoms with Gasteiger partial charge in [-0.05, 0) is 78.2 Å². The first kappa shape index (κ1) is 20.0. The second-order valence-electron chi connectivity index (χ2n) is 7.12. The summed E-state index contributed by atoms with van der Waals surface area (Å²) in [5, 5.41) is 2.04. The van der Waals surface area contributed by atoms with Gasteiger partial charge < -0.3 is 4.74 Å². The number of carbonyl (C=O) groups is 1. The summed E-state index contributed by atoms with van der Waals surface area (Å²) >= 11 is 3.38. The van der Waals surface area contributed by atoms with Crippen LogP contribution >= 0.6 is 15.9 Å². The highest BCUT2D eigenvalue weighted by molar-refractivity contribution is 9.10. The molecular weight excluding hydrogens is 438 g/mol. The molecule has 30 heavy (non-hydrogen) atoms. The minimum Gasteiger partial charge on any atom is -0.422 e. The summed E-state index contributed by atoms with van der Waals surface area (Å²) in [6, 6.07) is 25.0. The summed E-state index contributed by atoms with van der Waals surface area (Å²) in [6.45, 7) is 4.14. The number of fused-ring (bicyclic) bond motifs is 1. The Bertz CT molecular complexity index is 1260. The van der Waals surface area contributed by atoms with Crippen LogP contribution in [0.25, 0.3) is 10.8 Å². The predicted molar refractivity (Wildman–Crippen MR) is 126 cm³/mol. The number of carbonyl (C=O) groups excluding carboxylic acids is 1. The molecule has 0 saturated heterocycles. The second kappa shape index (κ2) is 8.64. The molecule has 0 aromatic heterocycles. The maximum Gasteiger partial charge on any atom is 0.343 e. The normalized spacial score (nSPS) is 11.2. The lowest BCUT2D eigenvalue weighted by Crippen LogP contribution is -2.09. The number of rotatable bonds is 4. The minimum absolute atomic E-state index is 0.404. The number of aryl methyl sites for hydroxylation is 2. The molecule has 3 nitrogen and oxygen atoms in total. The van der Waals surface area contributed by atoms with Crippen molar-refractivity contribution in [3.8, 4) is 5.75 Å². The molecule has 0 spiro atoms. The molecule has 0 amide bonds. The molecule has 0 fully saturated rings. The first-order chi connectivity index (χ1) is 14.5. The summed E-state index contributed by atoms with van der Waals surface area (Å²) in [5.41, 5.74) is 4.53. The van der Waals surface area contributed by atoms with Gasteiger partial charge in [0.25, 0.3) is 0 Å². The van der Waals surface area contributed by atoms with Gasteiger partial charge in [-0.15, -0.1) is 0 Å². The van der Waals surface area contributed by atoms with Crippen molar-refractivity contribution in [2.75, 3.05) is 0 Å². The number of ether oxygens (including phenoxy) is 1. The van der Waals surface area contributed by atoms with E-state index in [0.717, 1.165) is 26.5 Å². The lowest BCUT2D eigenvalue weighted by atomic mass is 10.0. The number of aliphatic imine (C=N–C) groups is 1. The highest BCUT2D eigenvalue weighted by Gasteiger charge is 2.13. The molecule has 4 rings (SSSR count). The Morgan fingerprint density at radius 2 is 1.67 bits per heavy atom. The Kier molecular flexibility index (Phi) is 5.77. The molecule has 4 aromatic carbocycles. The largest absolute Gasteiger partial charge is 0.422 e. The molecule has 0 unspecified atom stereocenters. The van der Waals surface area contributed by atoms with Crippen molar-refractivity contribution in [2.24, 2.45) is 4.99 Å². The summed E-state index contributed by atoms with van der Waals surface area (Å²) in [4.78, 5) is 17.3. The fraction of sp³-hybridized carbons (Fsp3) is 0.0769. The fourth-order valence-electron chi connectivity index (χ4n) is 3.19. The van der Waals surface area contributed by atoms with E-state index in [1.54, 1.807) is 18.3 Å². The molecule has 0 bridgehead atoms. The Balaban J connectivity index is 1.74. The van der Waals surface area contributed by atoms with Crippen LogP contribution in [0.15, 0.2) is 88.3 Å². The zero-order valence-corrected chi connectivity index (χ0v) is 18.3. The SMILES string of the molecule is Cc1ccc(N=Cc2c(OC(=O)c3ccc(Br)cc3)ccc3ccccc23)cc1C. The Morgan fingerprint density at radius 1 is 0.900 bits per heavy atom. The van der Waals surface area contributed by atoms with Gasteiger partial charge in [0, 0.05) is 16.3 Å². The van der Waals surface area contributed by atoms with Crippen LogP contribution in [0.3, 0.4) is 0 Å². The predicted octanol–water partition coefficient (Wildman–Crippen LogP) is 7.19. The zero-order valence-electron chi connectivity index (χ0n) is 16.7. The van der Waals surface area contributed by atoms with Crippen molar-refractivity contribution in [1.82, 2.24) is 0 Å². The van der Waals surface area contributed by atoms with Crippen LogP contribution in [0.5, 0.6) is 5.75 Å². The maximum atomic E-state index is 12.7. The quantitative estimate of drug-likeness (QED) is 0.184. The molecule has 0 aliphatic heterocycles. The van der Waals surface area contributed by atoms with Gasteiger partial charge >= 0.3 is 5.97 Å². The van der Waals surface area contributed by atoms with E-state index in [0.29, 0.717) is 11.3 Å². The van der Waals surface area contributed by atoms with Gasteiger partial charge in [0.2, 0.25) is 0 Å². The maximum absolute atomic E-state index is 12.7. The Morgan fingerprint density at radius 3 is 2.43 bits per heavy atom. The first-order valence-electron chi connectivity index (χ1n) is 9.62. The van der Waals surface area contributed by atoms with E-state index in [9.17, 15) is 4.79 Å². The van der Waals surface area contributed by atoms with Crippen LogP contribution in [0.2, 0.25) is 0 Å². The van der Waals surface area contributed by atoms with Crippen molar-refractivity contribution in [2.45, 2.75) is 13.8 Å². The van der Waals surface area contributed by atoms with Gasteiger partial charge in [-0.3, -0.25) is 4.99 Å². The monoisotopic (exact) mass is 457 g/mol. The van der Waals surface area contributed by atoms with Gasteiger partial charge in [-0.25, -0.2) is 4.79 Å². The van der Waals surface area contributed by atoms with E-state index in [-0.39, 0.29) is 0 Å². The van der Waals surface area contributed by atoms with Crippen molar-refractivity contribution >= 4 is 44.6 Å². The van der Waals surface area contributed by atoms with Crippen LogP contribution in [0, 0.1) is 13.8 Å². The van der Waals surface area contributed by atoms with E-state index in [2.05, 4.69) is 40.8 Å². The highest BCUT2D eigenvalue weighted by Crippen LogP contribution is 2.28. The number of nitrogens with zero attached hydrogens (tertiary/aromatic N) is 1. The topological polar surface area (TPSA) is 38.7 Å². The molecule has 0 N–H and O–H groups in total. The van der Waals surface area contributed by atoms with Crippen LogP contribution in [0.4, 0.5) is 5.69 Å². The minimum atomic E-state index is -0.404.